The van der Waals surface area contributed by atoms with Gasteiger partial charge in [-0.05, 0) is 18.1 Å². The SMILES string of the molecule is CN(C)/C(=C/Cc1ccccc1)C(=O)O. The number of likely N-dealkylation sites (N-methyl/N-ethyl adjacent to an activating group) is 1. The first-order valence-corrected chi connectivity index (χ1v) is 4.76. The van der Waals surface area contributed by atoms with Crippen LogP contribution in [0.15, 0.2) is 42.1 Å². The van der Waals surface area contributed by atoms with Crippen LogP contribution in [0.1, 0.15) is 5.56 Å². The Hall–Kier alpha value is -1.77. The summed E-state index contributed by atoms with van der Waals surface area (Å²) in [5.41, 5.74) is 1.43. The fourth-order valence-electron chi connectivity index (χ4n) is 1.29. The smallest absolute Gasteiger partial charge is 0.351 e. The summed E-state index contributed by atoms with van der Waals surface area (Å²) in [6.45, 7) is 0. The van der Waals surface area contributed by atoms with Crippen molar-refractivity contribution >= 4 is 5.97 Å². The number of aliphatic carboxylic acids is 1. The highest BCUT2D eigenvalue weighted by molar-refractivity contribution is 5.85. The minimum absolute atomic E-state index is 0.318. The minimum atomic E-state index is -0.893. The monoisotopic (exact) mass is 205 g/mol. The lowest BCUT2D eigenvalue weighted by molar-refractivity contribution is -0.134. The van der Waals surface area contributed by atoms with E-state index < -0.39 is 5.97 Å². The number of carboxylic acids is 1. The van der Waals surface area contributed by atoms with Gasteiger partial charge >= 0.3 is 5.97 Å². The van der Waals surface area contributed by atoms with Gasteiger partial charge in [0.05, 0.1) is 0 Å². The predicted molar refractivity (Wildman–Crippen MR) is 59.6 cm³/mol. The Balaban J connectivity index is 2.75. The molecule has 0 bridgehead atoms. The van der Waals surface area contributed by atoms with Gasteiger partial charge in [-0.15, -0.1) is 0 Å². The van der Waals surface area contributed by atoms with E-state index >= 15 is 0 Å². The van der Waals surface area contributed by atoms with Crippen molar-refractivity contribution in [2.24, 2.45) is 0 Å². The quantitative estimate of drug-likeness (QED) is 0.761. The molecule has 3 nitrogen and oxygen atoms in total. The molecule has 0 unspecified atom stereocenters. The Morgan fingerprint density at radius 1 is 1.33 bits per heavy atom. The Labute approximate surface area is 89.6 Å². The molecular weight excluding hydrogens is 190 g/mol. The predicted octanol–water partition coefficient (Wildman–Crippen LogP) is 1.76. The lowest BCUT2D eigenvalue weighted by atomic mass is 10.1. The van der Waals surface area contributed by atoms with Gasteiger partial charge in [-0.3, -0.25) is 0 Å². The van der Waals surface area contributed by atoms with Crippen molar-refractivity contribution in [3.05, 3.63) is 47.7 Å². The van der Waals surface area contributed by atoms with E-state index in [2.05, 4.69) is 0 Å². The molecule has 3 heteroatoms. The Bertz CT molecular complexity index is 355. The van der Waals surface area contributed by atoms with Crippen molar-refractivity contribution in [1.29, 1.82) is 0 Å². The molecule has 0 aliphatic heterocycles. The first-order chi connectivity index (χ1) is 7.11. The fourth-order valence-corrected chi connectivity index (χ4v) is 1.29. The van der Waals surface area contributed by atoms with E-state index in [9.17, 15) is 4.79 Å². The lowest BCUT2D eigenvalue weighted by Gasteiger charge is -2.12. The highest BCUT2D eigenvalue weighted by Gasteiger charge is 2.08. The highest BCUT2D eigenvalue weighted by Crippen LogP contribution is 2.05. The zero-order valence-electron chi connectivity index (χ0n) is 8.97. The average molecular weight is 205 g/mol. The standard InChI is InChI=1S/C12H15NO2/c1-13(2)11(12(14)15)9-8-10-6-4-3-5-7-10/h3-7,9H,8H2,1-2H3,(H,14,15)/b11-9+. The van der Waals surface area contributed by atoms with Gasteiger partial charge in [0.25, 0.3) is 0 Å². The number of carbonyl (C=O) groups is 1. The molecule has 0 heterocycles. The van der Waals surface area contributed by atoms with Gasteiger partial charge in [0.15, 0.2) is 0 Å². The molecule has 1 aromatic carbocycles. The molecule has 1 rings (SSSR count). The van der Waals surface area contributed by atoms with Crippen molar-refractivity contribution in [2.75, 3.05) is 14.1 Å². The van der Waals surface area contributed by atoms with Crippen molar-refractivity contribution in [2.45, 2.75) is 6.42 Å². The third kappa shape index (κ3) is 3.46. The summed E-state index contributed by atoms with van der Waals surface area (Å²) >= 11 is 0. The summed E-state index contributed by atoms with van der Waals surface area (Å²) in [5.74, 6) is -0.893. The van der Waals surface area contributed by atoms with Crippen molar-refractivity contribution in [1.82, 2.24) is 4.90 Å². The third-order valence-corrected chi connectivity index (χ3v) is 2.07. The molecule has 1 aromatic rings. The summed E-state index contributed by atoms with van der Waals surface area (Å²) in [6, 6.07) is 9.78. The molecule has 0 atom stereocenters. The first-order valence-electron chi connectivity index (χ1n) is 4.76. The van der Waals surface area contributed by atoms with Crippen LogP contribution in [0, 0.1) is 0 Å². The Morgan fingerprint density at radius 2 is 1.93 bits per heavy atom. The Kier molecular flexibility index (Phi) is 3.92. The molecule has 0 aromatic heterocycles. The molecule has 1 N–H and O–H groups in total. The molecule has 0 spiro atoms. The number of rotatable bonds is 4. The largest absolute Gasteiger partial charge is 0.477 e. The third-order valence-electron chi connectivity index (χ3n) is 2.07. The minimum Gasteiger partial charge on any atom is -0.477 e. The van der Waals surface area contributed by atoms with Crippen LogP contribution in [0.2, 0.25) is 0 Å². The first kappa shape index (κ1) is 11.3. The molecule has 0 radical (unpaired) electrons. The van der Waals surface area contributed by atoms with Crippen LogP contribution < -0.4 is 0 Å². The zero-order valence-corrected chi connectivity index (χ0v) is 8.97. The molecule has 80 valence electrons. The molecule has 15 heavy (non-hydrogen) atoms. The van der Waals surface area contributed by atoms with Crippen molar-refractivity contribution < 1.29 is 9.90 Å². The lowest BCUT2D eigenvalue weighted by Crippen LogP contribution is -2.19. The number of carboxylic acid groups (broad SMARTS) is 1. The zero-order chi connectivity index (χ0) is 11.3. The second kappa shape index (κ2) is 5.20. The number of benzene rings is 1. The highest BCUT2D eigenvalue weighted by atomic mass is 16.4. The molecule has 0 amide bonds. The van der Waals surface area contributed by atoms with E-state index in [1.807, 2.05) is 30.3 Å². The van der Waals surface area contributed by atoms with E-state index in [1.54, 1.807) is 25.1 Å². The van der Waals surface area contributed by atoms with Gasteiger partial charge in [-0.1, -0.05) is 30.3 Å². The summed E-state index contributed by atoms with van der Waals surface area (Å²) in [6.07, 6.45) is 2.36. The summed E-state index contributed by atoms with van der Waals surface area (Å²) < 4.78 is 0. The van der Waals surface area contributed by atoms with Gasteiger partial charge < -0.3 is 10.0 Å². The van der Waals surface area contributed by atoms with E-state index in [4.69, 9.17) is 5.11 Å². The van der Waals surface area contributed by atoms with Crippen LogP contribution in [0.4, 0.5) is 0 Å². The van der Waals surface area contributed by atoms with Crippen LogP contribution >= 0.6 is 0 Å². The van der Waals surface area contributed by atoms with E-state index in [0.717, 1.165) is 5.56 Å². The van der Waals surface area contributed by atoms with Gasteiger partial charge in [0.1, 0.15) is 5.70 Å². The second-order valence-corrected chi connectivity index (χ2v) is 3.48. The van der Waals surface area contributed by atoms with Gasteiger partial charge in [0, 0.05) is 14.1 Å². The maximum atomic E-state index is 10.9. The Morgan fingerprint density at radius 3 is 2.40 bits per heavy atom. The van der Waals surface area contributed by atoms with Crippen LogP contribution in [0.5, 0.6) is 0 Å². The maximum absolute atomic E-state index is 10.9. The molecule has 0 aliphatic carbocycles. The van der Waals surface area contributed by atoms with Crippen LogP contribution in [-0.2, 0) is 11.2 Å². The topological polar surface area (TPSA) is 40.5 Å². The number of nitrogens with zero attached hydrogens (tertiary/aromatic N) is 1. The maximum Gasteiger partial charge on any atom is 0.351 e. The van der Waals surface area contributed by atoms with Crippen molar-refractivity contribution in [3.8, 4) is 0 Å². The fraction of sp³-hybridized carbons (Fsp3) is 0.250. The van der Waals surface area contributed by atoms with Crippen molar-refractivity contribution in [3.63, 3.8) is 0 Å². The number of hydrogen-bond donors (Lipinski definition) is 1. The van der Waals surface area contributed by atoms with Crippen LogP contribution in [0.25, 0.3) is 0 Å². The molecule has 0 saturated carbocycles. The molecular formula is C12H15NO2. The second-order valence-electron chi connectivity index (χ2n) is 3.48. The molecule has 0 saturated heterocycles. The van der Waals surface area contributed by atoms with Gasteiger partial charge in [0.2, 0.25) is 0 Å². The summed E-state index contributed by atoms with van der Waals surface area (Å²) in [7, 11) is 3.45. The van der Waals surface area contributed by atoms with Crippen LogP contribution in [-0.4, -0.2) is 30.1 Å². The van der Waals surface area contributed by atoms with E-state index in [1.165, 1.54) is 0 Å². The number of hydrogen-bond acceptors (Lipinski definition) is 2. The summed E-state index contributed by atoms with van der Waals surface area (Å²) in [4.78, 5) is 12.5. The average Bonchev–Trinajstić information content (AvgIpc) is 2.18. The number of allylic oxidation sites excluding steroid dienone is 1. The normalized spacial score (nSPS) is 11.2. The van der Waals surface area contributed by atoms with Crippen LogP contribution in [0.3, 0.4) is 0 Å². The van der Waals surface area contributed by atoms with E-state index in [0.29, 0.717) is 12.1 Å². The van der Waals surface area contributed by atoms with Gasteiger partial charge in [-0.2, -0.15) is 0 Å². The van der Waals surface area contributed by atoms with Gasteiger partial charge in [-0.25, -0.2) is 4.79 Å². The van der Waals surface area contributed by atoms with E-state index in [-0.39, 0.29) is 0 Å². The molecule has 0 aliphatic rings. The summed E-state index contributed by atoms with van der Waals surface area (Å²) in [5, 5.41) is 8.91. The molecule has 0 fully saturated rings.